The highest BCUT2D eigenvalue weighted by atomic mass is 35.6. The average molecular weight is 441 g/mol. The van der Waals surface area contributed by atoms with Crippen molar-refractivity contribution in [2.24, 2.45) is 0 Å². The summed E-state index contributed by atoms with van der Waals surface area (Å²) in [4.78, 5) is 12.1. The van der Waals surface area contributed by atoms with Crippen LogP contribution >= 0.6 is 47.0 Å². The van der Waals surface area contributed by atoms with Gasteiger partial charge in [-0.3, -0.25) is 4.79 Å². The summed E-state index contributed by atoms with van der Waals surface area (Å²) in [5.41, 5.74) is 0.654. The molecule has 26 heavy (non-hydrogen) atoms. The number of alkyl halides is 3. The van der Waals surface area contributed by atoms with Crippen LogP contribution in [0.2, 0.25) is 0 Å². The molecule has 1 atom stereocenters. The van der Waals surface area contributed by atoms with Gasteiger partial charge in [0, 0.05) is 6.42 Å². The number of benzene rings is 1. The first-order valence-electron chi connectivity index (χ1n) is 8.34. The molecule has 0 unspecified atom stereocenters. The van der Waals surface area contributed by atoms with Gasteiger partial charge in [0.1, 0.15) is 11.9 Å². The summed E-state index contributed by atoms with van der Waals surface area (Å²) in [6.45, 7) is 2.11. The fraction of sp³-hybridized carbons (Fsp3) is 0.529. The number of thiocarbonyl (C=S) groups is 1. The first kappa shape index (κ1) is 23.1. The number of carbonyl (C=O) groups excluding carboxylic acids is 1. The third-order valence-electron chi connectivity index (χ3n) is 3.52. The number of anilines is 1. The lowest BCUT2D eigenvalue weighted by molar-refractivity contribution is -0.122. The molecule has 1 amide bonds. The van der Waals surface area contributed by atoms with Gasteiger partial charge in [-0.25, -0.2) is 0 Å². The molecule has 0 saturated carbocycles. The maximum Gasteiger partial charge on any atom is 0.228 e. The van der Waals surface area contributed by atoms with Crippen LogP contribution in [0.15, 0.2) is 24.3 Å². The smallest absolute Gasteiger partial charge is 0.228 e. The number of ether oxygens (including phenoxy) is 1. The third-order valence-corrected chi connectivity index (χ3v) is 4.40. The molecule has 0 bridgehead atoms. The molecule has 0 aromatic heterocycles. The minimum atomic E-state index is -1.77. The maximum atomic E-state index is 12.1. The van der Waals surface area contributed by atoms with E-state index in [2.05, 4.69) is 22.9 Å². The van der Waals surface area contributed by atoms with Crippen molar-refractivity contribution in [3.8, 4) is 5.75 Å². The van der Waals surface area contributed by atoms with Gasteiger partial charge in [0.05, 0.1) is 12.8 Å². The molecule has 0 aliphatic heterocycles. The molecule has 0 fully saturated rings. The second kappa shape index (κ2) is 11.7. The predicted molar refractivity (Wildman–Crippen MR) is 113 cm³/mol. The molecule has 0 radical (unpaired) electrons. The third kappa shape index (κ3) is 8.62. The Morgan fingerprint density at radius 1 is 1.19 bits per heavy atom. The Hall–Kier alpha value is -0.950. The van der Waals surface area contributed by atoms with Gasteiger partial charge in [-0.15, -0.1) is 0 Å². The number of nitrogens with one attached hydrogen (secondary N) is 3. The van der Waals surface area contributed by atoms with Crippen molar-refractivity contribution < 1.29 is 9.53 Å². The predicted octanol–water partition coefficient (Wildman–Crippen LogP) is 4.76. The van der Waals surface area contributed by atoms with Crippen LogP contribution in [0, 0.1) is 0 Å². The van der Waals surface area contributed by atoms with Gasteiger partial charge in [0.25, 0.3) is 0 Å². The number of carbonyl (C=O) groups is 1. The summed E-state index contributed by atoms with van der Waals surface area (Å²) in [5.74, 6) is 0.409. The van der Waals surface area contributed by atoms with E-state index < -0.39 is 9.96 Å². The molecule has 1 aromatic rings. The van der Waals surface area contributed by atoms with E-state index in [0.29, 0.717) is 17.9 Å². The van der Waals surface area contributed by atoms with E-state index in [1.165, 1.54) is 0 Å². The standard InChI is InChI=1S/C17H24Cl3N3O2S/c1-3-4-5-6-11-14(24)22-15(17(18,19)20)23-16(26)21-12-9-7-8-10-13(12)25-2/h7-10,15H,3-6,11H2,1-2H3,(H,22,24)(H2,21,23,26)/t15-/m1/s1. The molecule has 1 aromatic carbocycles. The van der Waals surface area contributed by atoms with Gasteiger partial charge in [-0.1, -0.05) is 73.1 Å². The summed E-state index contributed by atoms with van der Waals surface area (Å²) < 4.78 is 3.48. The molecule has 146 valence electrons. The van der Waals surface area contributed by atoms with E-state index >= 15 is 0 Å². The Morgan fingerprint density at radius 3 is 2.50 bits per heavy atom. The first-order valence-corrected chi connectivity index (χ1v) is 9.88. The van der Waals surface area contributed by atoms with Crippen LogP contribution < -0.4 is 20.7 Å². The van der Waals surface area contributed by atoms with Crippen molar-refractivity contribution >= 4 is 63.7 Å². The van der Waals surface area contributed by atoms with Crippen molar-refractivity contribution in [3.63, 3.8) is 0 Å². The fourth-order valence-electron chi connectivity index (χ4n) is 2.18. The van der Waals surface area contributed by atoms with Gasteiger partial charge in [-0.05, 0) is 30.8 Å². The highest BCUT2D eigenvalue weighted by molar-refractivity contribution is 7.80. The van der Waals surface area contributed by atoms with Gasteiger partial charge in [0.2, 0.25) is 9.70 Å². The molecule has 5 nitrogen and oxygen atoms in total. The molecule has 0 aliphatic rings. The van der Waals surface area contributed by atoms with Crippen LogP contribution in [0.25, 0.3) is 0 Å². The van der Waals surface area contributed by atoms with E-state index in [-0.39, 0.29) is 11.0 Å². The maximum absolute atomic E-state index is 12.1. The van der Waals surface area contributed by atoms with E-state index in [1.807, 2.05) is 12.1 Å². The summed E-state index contributed by atoms with van der Waals surface area (Å²) in [7, 11) is 1.56. The highest BCUT2D eigenvalue weighted by Crippen LogP contribution is 2.29. The molecule has 3 N–H and O–H groups in total. The number of unbranched alkanes of at least 4 members (excludes halogenated alkanes) is 3. The van der Waals surface area contributed by atoms with Crippen molar-refractivity contribution in [1.29, 1.82) is 0 Å². The number of halogens is 3. The van der Waals surface area contributed by atoms with Crippen molar-refractivity contribution in [2.45, 2.75) is 49.0 Å². The molecule has 0 aliphatic carbocycles. The Balaban J connectivity index is 2.64. The molecule has 1 rings (SSSR count). The van der Waals surface area contributed by atoms with Crippen LogP contribution in [0.1, 0.15) is 39.0 Å². The van der Waals surface area contributed by atoms with Crippen LogP contribution in [0.5, 0.6) is 5.75 Å². The number of methoxy groups -OCH3 is 1. The van der Waals surface area contributed by atoms with Crippen LogP contribution in [0.3, 0.4) is 0 Å². The van der Waals surface area contributed by atoms with Gasteiger partial charge >= 0.3 is 0 Å². The molecular formula is C17H24Cl3N3O2S. The van der Waals surface area contributed by atoms with E-state index in [4.69, 9.17) is 51.8 Å². The van der Waals surface area contributed by atoms with Crippen molar-refractivity contribution in [1.82, 2.24) is 10.6 Å². The zero-order valence-electron chi connectivity index (χ0n) is 14.8. The quantitative estimate of drug-likeness (QED) is 0.223. The average Bonchev–Trinajstić information content (AvgIpc) is 2.58. The van der Waals surface area contributed by atoms with Crippen LogP contribution in [-0.4, -0.2) is 28.1 Å². The number of para-hydroxylation sites is 2. The number of hydrogen-bond acceptors (Lipinski definition) is 3. The van der Waals surface area contributed by atoms with E-state index in [1.54, 1.807) is 19.2 Å². The number of rotatable bonds is 9. The fourth-order valence-corrected chi connectivity index (χ4v) is 2.74. The summed E-state index contributed by atoms with van der Waals surface area (Å²) >= 11 is 23.2. The van der Waals surface area contributed by atoms with E-state index in [0.717, 1.165) is 25.7 Å². The zero-order valence-corrected chi connectivity index (χ0v) is 17.9. The molecular weight excluding hydrogens is 417 g/mol. The van der Waals surface area contributed by atoms with Crippen molar-refractivity contribution in [3.05, 3.63) is 24.3 Å². The SMILES string of the molecule is CCCCCCC(=O)N[C@H](NC(=S)Nc1ccccc1OC)C(Cl)(Cl)Cl. The van der Waals surface area contributed by atoms with Gasteiger partial charge in [0.15, 0.2) is 5.11 Å². The van der Waals surface area contributed by atoms with E-state index in [9.17, 15) is 4.79 Å². The number of hydrogen-bond donors (Lipinski definition) is 3. The minimum Gasteiger partial charge on any atom is -0.495 e. The van der Waals surface area contributed by atoms with Crippen LogP contribution in [-0.2, 0) is 4.79 Å². The Kier molecular flexibility index (Phi) is 10.4. The molecule has 0 heterocycles. The Bertz CT molecular complexity index is 597. The Labute approximate surface area is 175 Å². The zero-order chi connectivity index (χ0) is 19.6. The highest BCUT2D eigenvalue weighted by Gasteiger charge is 2.34. The summed E-state index contributed by atoms with van der Waals surface area (Å²) in [6, 6.07) is 7.25. The monoisotopic (exact) mass is 439 g/mol. The minimum absolute atomic E-state index is 0.192. The summed E-state index contributed by atoms with van der Waals surface area (Å²) in [6.07, 6.45) is 3.36. The summed E-state index contributed by atoms with van der Waals surface area (Å²) in [5, 5.41) is 8.66. The second-order valence-corrected chi connectivity index (χ2v) is 8.43. The van der Waals surface area contributed by atoms with Crippen molar-refractivity contribution in [2.75, 3.05) is 12.4 Å². The lowest BCUT2D eigenvalue weighted by Gasteiger charge is -2.28. The first-order chi connectivity index (χ1) is 12.3. The topological polar surface area (TPSA) is 62.4 Å². The van der Waals surface area contributed by atoms with Gasteiger partial charge < -0.3 is 20.7 Å². The largest absolute Gasteiger partial charge is 0.495 e. The number of amides is 1. The lowest BCUT2D eigenvalue weighted by Crippen LogP contribution is -2.56. The molecule has 0 spiro atoms. The Morgan fingerprint density at radius 2 is 1.88 bits per heavy atom. The van der Waals surface area contributed by atoms with Gasteiger partial charge in [-0.2, -0.15) is 0 Å². The second-order valence-electron chi connectivity index (χ2n) is 5.65. The normalized spacial score (nSPS) is 12.2. The molecule has 0 saturated heterocycles. The van der Waals surface area contributed by atoms with Crippen LogP contribution in [0.4, 0.5) is 5.69 Å². The molecule has 9 heteroatoms. The lowest BCUT2D eigenvalue weighted by atomic mass is 10.1.